The summed E-state index contributed by atoms with van der Waals surface area (Å²) in [6, 6.07) is 18.5. The van der Waals surface area contributed by atoms with Gasteiger partial charge in [0.1, 0.15) is 23.0 Å². The number of unbranched alkanes of at least 4 members (excludes halogenated alkanes) is 12. The number of ether oxygens (including phenoxy) is 2. The monoisotopic (exact) mass is 953 g/mol. The van der Waals surface area contributed by atoms with Crippen LogP contribution >= 0.6 is 0 Å². The van der Waals surface area contributed by atoms with Crippen molar-refractivity contribution in [1.29, 1.82) is 0 Å². The van der Waals surface area contributed by atoms with Crippen molar-refractivity contribution in [3.05, 3.63) is 118 Å². The van der Waals surface area contributed by atoms with Crippen molar-refractivity contribution in [2.75, 3.05) is 23.8 Å². The molecule has 10 heteroatoms. The third-order valence-electron chi connectivity index (χ3n) is 13.5. The van der Waals surface area contributed by atoms with Crippen molar-refractivity contribution in [3.63, 3.8) is 0 Å². The van der Waals surface area contributed by atoms with Crippen LogP contribution in [-0.4, -0.2) is 45.2 Å². The van der Waals surface area contributed by atoms with Gasteiger partial charge in [-0.2, -0.15) is 0 Å². The first-order valence-electron chi connectivity index (χ1n) is 25.8. The predicted molar refractivity (Wildman–Crippen MR) is 287 cm³/mol. The zero-order chi connectivity index (χ0) is 50.5. The molecule has 2 aliphatic rings. The zero-order valence-corrected chi connectivity index (χ0v) is 42.8. The standard InChI is InChI=1S/C60H76N2O8/c1-9-11-13-15-17-19-21-31-69-43-27-23-41(24-28-43)61-35-47-53-45(49(37(3)4)59(67)55(47)63)33-39(7)51(57(53)65)52-40(8)34-46-50(38(5)6)60(68)56(64)48(54(46)58(52)66)36-62-42-25-29-44(30-26-42)70-32-22-20-18-16-14-12-10-2/h23-30,33-38,61-62,65-68H,9-22,31-32H2,1-8H3/b47-35-,48-36-. The average Bonchev–Trinajstić information content (AvgIpc) is 3.33. The summed E-state index contributed by atoms with van der Waals surface area (Å²) in [6.45, 7) is 16.8. The number of anilines is 2. The third-order valence-corrected chi connectivity index (χ3v) is 13.5. The Morgan fingerprint density at radius 1 is 0.486 bits per heavy atom. The molecule has 4 aromatic carbocycles. The molecule has 6 N–H and O–H groups in total. The molecule has 0 aromatic heterocycles. The summed E-state index contributed by atoms with van der Waals surface area (Å²) in [5.41, 5.74) is 5.24. The molecule has 6 rings (SSSR count). The van der Waals surface area contributed by atoms with E-state index in [4.69, 9.17) is 9.47 Å². The molecular weight excluding hydrogens is 877 g/mol. The number of carbonyl (C=O) groups is 2. The van der Waals surface area contributed by atoms with Gasteiger partial charge in [-0.05, 0) is 109 Å². The largest absolute Gasteiger partial charge is 0.507 e. The summed E-state index contributed by atoms with van der Waals surface area (Å²) in [4.78, 5) is 28.3. The van der Waals surface area contributed by atoms with Crippen LogP contribution in [0.3, 0.4) is 0 Å². The van der Waals surface area contributed by atoms with Gasteiger partial charge in [0, 0.05) is 57.2 Å². The van der Waals surface area contributed by atoms with E-state index < -0.39 is 23.1 Å². The number of carbonyl (C=O) groups excluding carboxylic acids is 2. The molecule has 0 fully saturated rings. The topological polar surface area (TPSA) is 158 Å². The van der Waals surface area contributed by atoms with E-state index in [1.54, 1.807) is 13.8 Å². The van der Waals surface area contributed by atoms with Gasteiger partial charge >= 0.3 is 0 Å². The first-order chi connectivity index (χ1) is 33.7. The van der Waals surface area contributed by atoms with Crippen LogP contribution in [0.4, 0.5) is 11.4 Å². The van der Waals surface area contributed by atoms with Crippen molar-refractivity contribution in [2.45, 2.75) is 145 Å². The highest BCUT2D eigenvalue weighted by molar-refractivity contribution is 6.35. The van der Waals surface area contributed by atoms with Crippen LogP contribution < -0.4 is 20.1 Å². The molecule has 2 aliphatic carbocycles. The van der Waals surface area contributed by atoms with Crippen LogP contribution in [0, 0.1) is 25.7 Å². The van der Waals surface area contributed by atoms with Gasteiger partial charge in [-0.3, -0.25) is 9.59 Å². The zero-order valence-electron chi connectivity index (χ0n) is 42.8. The number of nitrogens with one attached hydrogen (secondary N) is 2. The van der Waals surface area contributed by atoms with E-state index in [0.717, 1.165) is 37.2 Å². The van der Waals surface area contributed by atoms with Crippen molar-refractivity contribution < 1.29 is 39.5 Å². The minimum absolute atomic E-state index is 0.0363. The SMILES string of the molecule is CCCCCCCCCOc1ccc(N/C=C2\C(=O)C(O)=C(C(C)C)c3cc(C)c(-c4c(C)cc5c(c4O)/C(=C/Nc4ccc(OCCCCCCCCC)cc4)C(=O)C(O)=C5C(C)C)c(O)c32)cc1. The van der Waals surface area contributed by atoms with E-state index in [9.17, 15) is 30.0 Å². The maximum Gasteiger partial charge on any atom is 0.229 e. The maximum absolute atomic E-state index is 14.2. The molecule has 0 radical (unpaired) electrons. The fourth-order valence-corrected chi connectivity index (χ4v) is 9.73. The van der Waals surface area contributed by atoms with E-state index >= 15 is 0 Å². The summed E-state index contributed by atoms with van der Waals surface area (Å²) < 4.78 is 12.0. The van der Waals surface area contributed by atoms with E-state index in [1.807, 2.05) is 88.4 Å². The van der Waals surface area contributed by atoms with Crippen molar-refractivity contribution in [3.8, 4) is 34.1 Å². The second-order valence-electron chi connectivity index (χ2n) is 19.6. The molecule has 0 saturated heterocycles. The summed E-state index contributed by atoms with van der Waals surface area (Å²) >= 11 is 0. The first kappa shape index (κ1) is 52.9. The van der Waals surface area contributed by atoms with Crippen molar-refractivity contribution in [2.24, 2.45) is 11.8 Å². The number of aliphatic hydroxyl groups is 2. The fraction of sp³-hybridized carbons (Fsp3) is 0.433. The summed E-state index contributed by atoms with van der Waals surface area (Å²) in [5.74, 6) is -1.75. The van der Waals surface area contributed by atoms with E-state index in [-0.39, 0.29) is 56.7 Å². The molecule has 70 heavy (non-hydrogen) atoms. The number of fused-ring (bicyclic) bond motifs is 2. The molecular formula is C60H76N2O8. The first-order valence-corrected chi connectivity index (χ1v) is 25.8. The van der Waals surface area contributed by atoms with Gasteiger partial charge in [-0.1, -0.05) is 131 Å². The predicted octanol–water partition coefficient (Wildman–Crippen LogP) is 15.6. The Balaban J connectivity index is 1.32. The van der Waals surface area contributed by atoms with Gasteiger partial charge in [0.25, 0.3) is 0 Å². The fourth-order valence-electron chi connectivity index (χ4n) is 9.73. The smallest absolute Gasteiger partial charge is 0.229 e. The number of phenols is 2. The molecule has 10 nitrogen and oxygen atoms in total. The van der Waals surface area contributed by atoms with Gasteiger partial charge in [-0.25, -0.2) is 0 Å². The second kappa shape index (κ2) is 24.9. The Morgan fingerprint density at radius 3 is 1.14 bits per heavy atom. The Kier molecular flexibility index (Phi) is 18.8. The Labute approximate surface area is 416 Å². The number of hydrogen-bond acceptors (Lipinski definition) is 10. The molecule has 4 aromatic rings. The lowest BCUT2D eigenvalue weighted by molar-refractivity contribution is -0.113. The molecule has 0 atom stereocenters. The van der Waals surface area contributed by atoms with Crippen molar-refractivity contribution >= 4 is 45.2 Å². The second-order valence-corrected chi connectivity index (χ2v) is 19.6. The van der Waals surface area contributed by atoms with E-state index in [1.165, 1.54) is 76.6 Å². The number of Topliss-reactive ketones (excluding diaryl/α,β-unsaturated/α-hetero) is 2. The van der Waals surface area contributed by atoms with Gasteiger partial charge < -0.3 is 40.5 Å². The number of phenolic OH excluding ortho intramolecular Hbond substituents is 2. The van der Waals surface area contributed by atoms with Gasteiger partial charge in [0.15, 0.2) is 11.5 Å². The van der Waals surface area contributed by atoms with Gasteiger partial charge in [-0.15, -0.1) is 0 Å². The van der Waals surface area contributed by atoms with Crippen LogP contribution in [0.25, 0.3) is 33.4 Å². The number of ketones is 2. The normalized spacial score (nSPS) is 14.8. The van der Waals surface area contributed by atoms with Crippen LogP contribution in [0.15, 0.2) is 84.6 Å². The molecule has 0 amide bonds. The molecule has 0 unspecified atom stereocenters. The highest BCUT2D eigenvalue weighted by Crippen LogP contribution is 2.53. The number of hydrogen-bond donors (Lipinski definition) is 6. The highest BCUT2D eigenvalue weighted by atomic mass is 16.5. The maximum atomic E-state index is 14.2. The van der Waals surface area contributed by atoms with Crippen LogP contribution in [0.5, 0.6) is 23.0 Å². The highest BCUT2D eigenvalue weighted by Gasteiger charge is 2.38. The van der Waals surface area contributed by atoms with E-state index in [2.05, 4.69) is 24.5 Å². The summed E-state index contributed by atoms with van der Waals surface area (Å²) in [6.07, 6.45) is 19.8. The number of aryl methyl sites for hydroxylation is 2. The number of benzene rings is 4. The Hall–Kier alpha value is -6.42. The lowest BCUT2D eigenvalue weighted by atomic mass is 9.75. The number of rotatable bonds is 25. The molecule has 0 spiro atoms. The molecule has 374 valence electrons. The molecule has 0 aliphatic heterocycles. The Bertz CT molecular complexity index is 2430. The average molecular weight is 953 g/mol. The van der Waals surface area contributed by atoms with Gasteiger partial charge in [0.2, 0.25) is 11.6 Å². The van der Waals surface area contributed by atoms with E-state index in [0.29, 0.717) is 58.0 Å². The molecule has 0 heterocycles. The van der Waals surface area contributed by atoms with Crippen LogP contribution in [0.2, 0.25) is 0 Å². The number of aliphatic hydroxyl groups excluding tert-OH is 2. The van der Waals surface area contributed by atoms with Gasteiger partial charge in [0.05, 0.1) is 24.4 Å². The third kappa shape index (κ3) is 12.3. The lowest BCUT2D eigenvalue weighted by Gasteiger charge is -2.29. The lowest BCUT2D eigenvalue weighted by Crippen LogP contribution is -2.20. The minimum Gasteiger partial charge on any atom is -0.507 e. The summed E-state index contributed by atoms with van der Waals surface area (Å²) in [7, 11) is 0. The van der Waals surface area contributed by atoms with Crippen molar-refractivity contribution in [1.82, 2.24) is 0 Å². The molecule has 0 saturated carbocycles. The van der Waals surface area contributed by atoms with Crippen LogP contribution in [0.1, 0.15) is 165 Å². The molecule has 0 bridgehead atoms. The number of aromatic hydroxyl groups is 2. The summed E-state index contributed by atoms with van der Waals surface area (Å²) in [5, 5.41) is 54.5. The Morgan fingerprint density at radius 2 is 0.814 bits per heavy atom. The number of allylic oxidation sites excluding steroid dienone is 4. The van der Waals surface area contributed by atoms with Crippen LogP contribution in [-0.2, 0) is 9.59 Å². The minimum atomic E-state index is -0.660. The quantitative estimate of drug-likeness (QED) is 0.0279.